The highest BCUT2D eigenvalue weighted by Gasteiger charge is 2.36. The molecule has 3 aromatic carbocycles. The van der Waals surface area contributed by atoms with Gasteiger partial charge in [0.2, 0.25) is 5.91 Å². The van der Waals surface area contributed by atoms with E-state index in [-0.39, 0.29) is 11.8 Å². The van der Waals surface area contributed by atoms with Crippen LogP contribution >= 0.6 is 0 Å². The fourth-order valence-electron chi connectivity index (χ4n) is 4.64. The quantitative estimate of drug-likeness (QED) is 0.342. The average molecular weight is 472 g/mol. The van der Waals surface area contributed by atoms with Gasteiger partial charge < -0.3 is 23.7 Å². The maximum Gasteiger partial charge on any atom is 0.227 e. The van der Waals surface area contributed by atoms with Crippen molar-refractivity contribution in [3.8, 4) is 17.2 Å². The van der Waals surface area contributed by atoms with E-state index in [1.54, 1.807) is 7.11 Å². The van der Waals surface area contributed by atoms with Crippen molar-refractivity contribution >= 4 is 22.6 Å². The first-order valence-corrected chi connectivity index (χ1v) is 11.9. The van der Waals surface area contributed by atoms with Gasteiger partial charge in [-0.1, -0.05) is 24.3 Å². The number of methoxy groups -OCH3 is 1. The first-order chi connectivity index (χ1) is 17.2. The van der Waals surface area contributed by atoms with Gasteiger partial charge in [-0.15, -0.1) is 0 Å². The van der Waals surface area contributed by atoms with Gasteiger partial charge in [0.1, 0.15) is 29.7 Å². The molecule has 0 spiro atoms. The molecule has 1 saturated heterocycles. The van der Waals surface area contributed by atoms with Crippen molar-refractivity contribution in [2.24, 2.45) is 0 Å². The van der Waals surface area contributed by atoms with Gasteiger partial charge in [-0.3, -0.25) is 4.79 Å². The summed E-state index contributed by atoms with van der Waals surface area (Å²) in [5.74, 6) is 3.27. The summed E-state index contributed by atoms with van der Waals surface area (Å²) in [6.45, 7) is 4.17. The first-order valence-electron chi connectivity index (χ1n) is 11.9. The third-order valence-corrected chi connectivity index (χ3v) is 6.27. The largest absolute Gasteiger partial charge is 0.497 e. The highest BCUT2D eigenvalue weighted by atomic mass is 16.5. The molecule has 0 N–H and O–H groups in total. The summed E-state index contributed by atoms with van der Waals surface area (Å²) in [4.78, 5) is 19.9. The molecule has 2 heterocycles. The van der Waals surface area contributed by atoms with Crippen LogP contribution in [0.25, 0.3) is 11.0 Å². The van der Waals surface area contributed by atoms with E-state index in [1.165, 1.54) is 0 Å². The Labute approximate surface area is 204 Å². The second kappa shape index (κ2) is 10.1. The number of hydrogen-bond donors (Lipinski definition) is 0. The molecule has 1 aliphatic rings. The van der Waals surface area contributed by atoms with Crippen LogP contribution in [0, 0.1) is 0 Å². The monoisotopic (exact) mass is 471 g/mol. The number of benzene rings is 3. The molecule has 7 nitrogen and oxygen atoms in total. The predicted octanol–water partition coefficient (Wildman–Crippen LogP) is 5.04. The average Bonchev–Trinajstić information content (AvgIpc) is 3.45. The van der Waals surface area contributed by atoms with Gasteiger partial charge in [0.05, 0.1) is 37.0 Å². The SMILES string of the molecule is CCOc1ccccc1N1CC(c2nc3ccccc3n2CCOc2ccc(OC)cc2)CC1=O. The number of para-hydroxylation sites is 4. The molecule has 1 aromatic heterocycles. The molecule has 0 bridgehead atoms. The standard InChI is InChI=1S/C28H29N3O4/c1-3-34-26-11-7-6-10-25(26)31-19-20(18-27(31)32)28-29-23-8-4-5-9-24(23)30(28)16-17-35-22-14-12-21(33-2)13-15-22/h4-15,20H,3,16-19H2,1-2H3. The van der Waals surface area contributed by atoms with Crippen molar-refractivity contribution in [1.82, 2.24) is 9.55 Å². The molecule has 1 amide bonds. The van der Waals surface area contributed by atoms with Crippen LogP contribution < -0.4 is 19.1 Å². The molecule has 5 rings (SSSR count). The number of aromatic nitrogens is 2. The van der Waals surface area contributed by atoms with Crippen LogP contribution in [0.2, 0.25) is 0 Å². The van der Waals surface area contributed by atoms with Gasteiger partial charge in [0, 0.05) is 18.9 Å². The number of ether oxygens (including phenoxy) is 3. The van der Waals surface area contributed by atoms with E-state index in [0.717, 1.165) is 39.8 Å². The fourth-order valence-corrected chi connectivity index (χ4v) is 4.64. The fraction of sp³-hybridized carbons (Fsp3) is 0.286. The highest BCUT2D eigenvalue weighted by molar-refractivity contribution is 5.97. The summed E-state index contributed by atoms with van der Waals surface area (Å²) in [5.41, 5.74) is 2.78. The van der Waals surface area contributed by atoms with Gasteiger partial charge >= 0.3 is 0 Å². The van der Waals surface area contributed by atoms with Crippen molar-refractivity contribution in [2.75, 3.05) is 31.8 Å². The Bertz CT molecular complexity index is 1320. The predicted molar refractivity (Wildman–Crippen MR) is 136 cm³/mol. The first kappa shape index (κ1) is 22.8. The van der Waals surface area contributed by atoms with E-state index in [9.17, 15) is 4.79 Å². The Morgan fingerprint density at radius 1 is 0.943 bits per heavy atom. The highest BCUT2D eigenvalue weighted by Crippen LogP contribution is 2.37. The van der Waals surface area contributed by atoms with E-state index < -0.39 is 0 Å². The van der Waals surface area contributed by atoms with Gasteiger partial charge in [0.15, 0.2) is 0 Å². The van der Waals surface area contributed by atoms with Gasteiger partial charge in [0.25, 0.3) is 0 Å². The summed E-state index contributed by atoms with van der Waals surface area (Å²) < 4.78 is 19.2. The second-order valence-electron chi connectivity index (χ2n) is 8.44. The van der Waals surface area contributed by atoms with Crippen molar-refractivity contribution in [3.63, 3.8) is 0 Å². The molecule has 0 aliphatic carbocycles. The maximum atomic E-state index is 13.1. The number of rotatable bonds is 9. The lowest BCUT2D eigenvalue weighted by Gasteiger charge is -2.20. The molecular weight excluding hydrogens is 442 g/mol. The summed E-state index contributed by atoms with van der Waals surface area (Å²) in [6, 6.07) is 23.3. The Hall–Kier alpha value is -4.00. The van der Waals surface area contributed by atoms with Crippen LogP contribution in [0.1, 0.15) is 25.1 Å². The van der Waals surface area contributed by atoms with Crippen LogP contribution in [-0.4, -0.2) is 42.3 Å². The molecule has 4 aromatic rings. The lowest BCUT2D eigenvalue weighted by molar-refractivity contribution is -0.117. The van der Waals surface area contributed by atoms with E-state index in [1.807, 2.05) is 78.6 Å². The van der Waals surface area contributed by atoms with Gasteiger partial charge in [-0.05, 0) is 55.5 Å². The minimum absolute atomic E-state index is 0.0226. The van der Waals surface area contributed by atoms with E-state index in [4.69, 9.17) is 19.2 Å². The number of nitrogens with zero attached hydrogens (tertiary/aromatic N) is 3. The van der Waals surface area contributed by atoms with Crippen LogP contribution in [0.4, 0.5) is 5.69 Å². The number of carbonyl (C=O) groups is 1. The molecule has 1 atom stereocenters. The minimum atomic E-state index is -0.0226. The number of anilines is 1. The van der Waals surface area contributed by atoms with E-state index >= 15 is 0 Å². The van der Waals surface area contributed by atoms with Crippen LogP contribution in [0.5, 0.6) is 17.2 Å². The Kier molecular flexibility index (Phi) is 6.57. The number of amides is 1. The number of fused-ring (bicyclic) bond motifs is 1. The zero-order valence-corrected chi connectivity index (χ0v) is 20.0. The summed E-state index contributed by atoms with van der Waals surface area (Å²) in [5, 5.41) is 0. The molecular formula is C28H29N3O4. The lowest BCUT2D eigenvalue weighted by Crippen LogP contribution is -2.25. The minimum Gasteiger partial charge on any atom is -0.497 e. The lowest BCUT2D eigenvalue weighted by atomic mass is 10.1. The van der Waals surface area contributed by atoms with Crippen molar-refractivity contribution in [2.45, 2.75) is 25.8 Å². The van der Waals surface area contributed by atoms with E-state index in [0.29, 0.717) is 32.7 Å². The Balaban J connectivity index is 1.38. The Morgan fingerprint density at radius 3 is 2.49 bits per heavy atom. The molecule has 7 heteroatoms. The molecule has 1 fully saturated rings. The smallest absolute Gasteiger partial charge is 0.227 e. The Morgan fingerprint density at radius 2 is 1.69 bits per heavy atom. The summed E-state index contributed by atoms with van der Waals surface area (Å²) >= 11 is 0. The molecule has 1 unspecified atom stereocenters. The molecule has 35 heavy (non-hydrogen) atoms. The van der Waals surface area contributed by atoms with Gasteiger partial charge in [-0.2, -0.15) is 0 Å². The van der Waals surface area contributed by atoms with Crippen molar-refractivity contribution < 1.29 is 19.0 Å². The summed E-state index contributed by atoms with van der Waals surface area (Å²) in [7, 11) is 1.64. The van der Waals surface area contributed by atoms with Gasteiger partial charge in [-0.25, -0.2) is 4.98 Å². The van der Waals surface area contributed by atoms with E-state index in [2.05, 4.69) is 10.6 Å². The molecule has 1 aliphatic heterocycles. The number of hydrogen-bond acceptors (Lipinski definition) is 5. The maximum absolute atomic E-state index is 13.1. The van der Waals surface area contributed by atoms with Crippen LogP contribution in [0.3, 0.4) is 0 Å². The number of imidazole rings is 1. The molecule has 0 radical (unpaired) electrons. The third kappa shape index (κ3) is 4.67. The zero-order valence-electron chi connectivity index (χ0n) is 20.0. The molecule has 180 valence electrons. The van der Waals surface area contributed by atoms with Crippen molar-refractivity contribution in [1.29, 1.82) is 0 Å². The van der Waals surface area contributed by atoms with Crippen LogP contribution in [0.15, 0.2) is 72.8 Å². The normalized spacial score (nSPS) is 15.5. The number of carbonyl (C=O) groups excluding carboxylic acids is 1. The van der Waals surface area contributed by atoms with Crippen LogP contribution in [-0.2, 0) is 11.3 Å². The third-order valence-electron chi connectivity index (χ3n) is 6.27. The summed E-state index contributed by atoms with van der Waals surface area (Å²) in [6.07, 6.45) is 0.406. The molecule has 0 saturated carbocycles. The second-order valence-corrected chi connectivity index (χ2v) is 8.44. The zero-order chi connectivity index (χ0) is 24.2. The topological polar surface area (TPSA) is 65.8 Å². The van der Waals surface area contributed by atoms with Crippen molar-refractivity contribution in [3.05, 3.63) is 78.6 Å².